The van der Waals surface area contributed by atoms with E-state index in [4.69, 9.17) is 14.2 Å². The van der Waals surface area contributed by atoms with Gasteiger partial charge in [-0.05, 0) is 18.2 Å². The second kappa shape index (κ2) is 6.45. The van der Waals surface area contributed by atoms with Crippen molar-refractivity contribution in [1.29, 1.82) is 0 Å². The molecular formula is C13H14BrFO4. The van der Waals surface area contributed by atoms with Crippen molar-refractivity contribution < 1.29 is 23.4 Å². The van der Waals surface area contributed by atoms with E-state index < -0.39 is 18.0 Å². The van der Waals surface area contributed by atoms with Crippen molar-refractivity contribution in [2.75, 3.05) is 20.3 Å². The summed E-state index contributed by atoms with van der Waals surface area (Å²) in [5.41, 5.74) is 0. The number of ether oxygens (including phenoxy) is 3. The van der Waals surface area contributed by atoms with E-state index in [0.29, 0.717) is 17.7 Å². The monoisotopic (exact) mass is 332 g/mol. The fraction of sp³-hybridized carbons (Fsp3) is 0.462. The van der Waals surface area contributed by atoms with Gasteiger partial charge in [0.2, 0.25) is 0 Å². The molecule has 0 radical (unpaired) electrons. The maximum Gasteiger partial charge on any atom is 0.169 e. The van der Waals surface area contributed by atoms with E-state index in [9.17, 15) is 9.18 Å². The fourth-order valence-electron chi connectivity index (χ4n) is 1.76. The maximum absolute atomic E-state index is 13.6. The molecule has 0 heterocycles. The minimum Gasteiger partial charge on any atom is -0.484 e. The van der Waals surface area contributed by atoms with E-state index in [1.165, 1.54) is 12.1 Å². The summed E-state index contributed by atoms with van der Waals surface area (Å²) in [6, 6.07) is 4.52. The first-order chi connectivity index (χ1) is 9.11. The number of ketones is 1. The molecule has 2 atom stereocenters. The standard InChI is InChI=1S/C13H14BrFO4/c1-17-4-5-18-13-10(16)7-12(13)19-11-3-2-8(14)6-9(11)15/h2-3,6,12-13H,4-5,7H2,1H3. The minimum atomic E-state index is -0.627. The van der Waals surface area contributed by atoms with Crippen LogP contribution in [0.5, 0.6) is 5.75 Å². The summed E-state index contributed by atoms with van der Waals surface area (Å²) in [4.78, 5) is 11.4. The third kappa shape index (κ3) is 3.52. The molecule has 0 spiro atoms. The van der Waals surface area contributed by atoms with Crippen molar-refractivity contribution in [3.63, 3.8) is 0 Å². The predicted molar refractivity (Wildman–Crippen MR) is 69.8 cm³/mol. The van der Waals surface area contributed by atoms with Crippen molar-refractivity contribution in [3.8, 4) is 5.75 Å². The molecule has 19 heavy (non-hydrogen) atoms. The number of carbonyl (C=O) groups excluding carboxylic acids is 1. The topological polar surface area (TPSA) is 44.8 Å². The SMILES string of the molecule is COCCOC1C(=O)CC1Oc1ccc(Br)cc1F. The lowest BCUT2D eigenvalue weighted by Gasteiger charge is -2.34. The maximum atomic E-state index is 13.6. The first kappa shape index (κ1) is 14.4. The minimum absolute atomic E-state index is 0.0291. The molecule has 2 rings (SSSR count). The van der Waals surface area contributed by atoms with Gasteiger partial charge in [-0.1, -0.05) is 15.9 Å². The summed E-state index contributed by atoms with van der Waals surface area (Å²) in [6.45, 7) is 0.721. The summed E-state index contributed by atoms with van der Waals surface area (Å²) in [5, 5.41) is 0. The van der Waals surface area contributed by atoms with Crippen LogP contribution in [-0.4, -0.2) is 38.3 Å². The zero-order valence-electron chi connectivity index (χ0n) is 10.4. The van der Waals surface area contributed by atoms with Crippen molar-refractivity contribution in [3.05, 3.63) is 28.5 Å². The average molecular weight is 333 g/mol. The lowest BCUT2D eigenvalue weighted by atomic mass is 9.90. The predicted octanol–water partition coefficient (Wildman–Crippen LogP) is 2.34. The molecule has 0 N–H and O–H groups in total. The van der Waals surface area contributed by atoms with Crippen molar-refractivity contribution in [2.45, 2.75) is 18.6 Å². The number of hydrogen-bond donors (Lipinski definition) is 0. The smallest absolute Gasteiger partial charge is 0.169 e. The molecule has 1 aromatic rings. The van der Waals surface area contributed by atoms with Crippen LogP contribution in [0.25, 0.3) is 0 Å². The lowest BCUT2D eigenvalue weighted by Crippen LogP contribution is -2.52. The number of halogens is 2. The van der Waals surface area contributed by atoms with Crippen molar-refractivity contribution in [2.24, 2.45) is 0 Å². The first-order valence-electron chi connectivity index (χ1n) is 5.87. The van der Waals surface area contributed by atoms with Crippen LogP contribution in [0.1, 0.15) is 6.42 Å². The van der Waals surface area contributed by atoms with Crippen molar-refractivity contribution in [1.82, 2.24) is 0 Å². The van der Waals surface area contributed by atoms with Gasteiger partial charge < -0.3 is 14.2 Å². The molecule has 0 bridgehead atoms. The largest absolute Gasteiger partial charge is 0.484 e. The second-order valence-corrected chi connectivity index (χ2v) is 5.10. The van der Waals surface area contributed by atoms with Gasteiger partial charge in [0.15, 0.2) is 23.5 Å². The van der Waals surface area contributed by atoms with Gasteiger partial charge in [0.1, 0.15) is 6.10 Å². The van der Waals surface area contributed by atoms with E-state index in [1.54, 1.807) is 13.2 Å². The molecular weight excluding hydrogens is 319 g/mol. The van der Waals surface area contributed by atoms with E-state index >= 15 is 0 Å². The van der Waals surface area contributed by atoms with Crippen LogP contribution in [0.4, 0.5) is 4.39 Å². The Morgan fingerprint density at radius 2 is 2.21 bits per heavy atom. The summed E-state index contributed by atoms with van der Waals surface area (Å²) in [7, 11) is 1.55. The van der Waals surface area contributed by atoms with Gasteiger partial charge in [0.05, 0.1) is 13.2 Å². The molecule has 1 saturated carbocycles. The summed E-state index contributed by atoms with van der Waals surface area (Å²) in [5.74, 6) is -0.371. The Morgan fingerprint density at radius 3 is 2.84 bits per heavy atom. The number of hydrogen-bond acceptors (Lipinski definition) is 4. The van der Waals surface area contributed by atoms with Crippen LogP contribution >= 0.6 is 15.9 Å². The van der Waals surface area contributed by atoms with Gasteiger partial charge in [-0.3, -0.25) is 4.79 Å². The molecule has 0 aromatic heterocycles. The Morgan fingerprint density at radius 1 is 1.42 bits per heavy atom. The normalized spacial score (nSPS) is 22.2. The molecule has 0 saturated heterocycles. The molecule has 0 aliphatic heterocycles. The fourth-order valence-corrected chi connectivity index (χ4v) is 2.10. The lowest BCUT2D eigenvalue weighted by molar-refractivity contribution is -0.156. The Labute approximate surface area is 119 Å². The second-order valence-electron chi connectivity index (χ2n) is 4.19. The van der Waals surface area contributed by atoms with Gasteiger partial charge in [-0.25, -0.2) is 4.39 Å². The van der Waals surface area contributed by atoms with E-state index in [0.717, 1.165) is 0 Å². The van der Waals surface area contributed by atoms with E-state index in [-0.39, 0.29) is 18.0 Å². The highest BCUT2D eigenvalue weighted by Gasteiger charge is 2.43. The molecule has 1 aliphatic rings. The molecule has 4 nitrogen and oxygen atoms in total. The van der Waals surface area contributed by atoms with Gasteiger partial charge in [0, 0.05) is 18.0 Å². The van der Waals surface area contributed by atoms with E-state index in [1.807, 2.05) is 0 Å². The third-order valence-electron chi connectivity index (χ3n) is 2.81. The quantitative estimate of drug-likeness (QED) is 0.750. The Hall–Kier alpha value is -0.980. The van der Waals surface area contributed by atoms with Gasteiger partial charge in [0.25, 0.3) is 0 Å². The van der Waals surface area contributed by atoms with Gasteiger partial charge >= 0.3 is 0 Å². The molecule has 104 valence electrons. The number of Topliss-reactive ketones (excluding diaryl/α,β-unsaturated/α-hetero) is 1. The Bertz CT molecular complexity index is 466. The highest BCUT2D eigenvalue weighted by Crippen LogP contribution is 2.28. The molecule has 1 aliphatic carbocycles. The summed E-state index contributed by atoms with van der Waals surface area (Å²) < 4.78 is 29.9. The Balaban J connectivity index is 1.93. The van der Waals surface area contributed by atoms with Gasteiger partial charge in [-0.2, -0.15) is 0 Å². The number of carbonyl (C=O) groups is 1. The van der Waals surface area contributed by atoms with Crippen LogP contribution < -0.4 is 4.74 Å². The Kier molecular flexibility index (Phi) is 4.90. The number of methoxy groups -OCH3 is 1. The average Bonchev–Trinajstić information content (AvgIpc) is 2.37. The zero-order valence-corrected chi connectivity index (χ0v) is 12.0. The highest BCUT2D eigenvalue weighted by atomic mass is 79.9. The van der Waals surface area contributed by atoms with Crippen LogP contribution in [0.15, 0.2) is 22.7 Å². The molecule has 2 unspecified atom stereocenters. The van der Waals surface area contributed by atoms with Gasteiger partial charge in [-0.15, -0.1) is 0 Å². The van der Waals surface area contributed by atoms with Crippen LogP contribution in [-0.2, 0) is 14.3 Å². The van der Waals surface area contributed by atoms with Crippen LogP contribution in [0, 0.1) is 5.82 Å². The van der Waals surface area contributed by atoms with Crippen LogP contribution in [0.2, 0.25) is 0 Å². The van der Waals surface area contributed by atoms with Crippen LogP contribution in [0.3, 0.4) is 0 Å². The number of benzene rings is 1. The summed E-state index contributed by atoms with van der Waals surface area (Å²) in [6.07, 6.45) is -0.814. The molecule has 6 heteroatoms. The first-order valence-corrected chi connectivity index (χ1v) is 6.66. The molecule has 1 aromatic carbocycles. The molecule has 0 amide bonds. The third-order valence-corrected chi connectivity index (χ3v) is 3.31. The summed E-state index contributed by atoms with van der Waals surface area (Å²) >= 11 is 3.17. The van der Waals surface area contributed by atoms with Crippen molar-refractivity contribution >= 4 is 21.7 Å². The highest BCUT2D eigenvalue weighted by molar-refractivity contribution is 9.10. The zero-order chi connectivity index (χ0) is 13.8. The molecule has 1 fully saturated rings. The van der Waals surface area contributed by atoms with E-state index in [2.05, 4.69) is 15.9 Å². The number of rotatable bonds is 6.